The number of anilines is 1. The van der Waals surface area contributed by atoms with E-state index in [-0.39, 0.29) is 30.0 Å². The van der Waals surface area contributed by atoms with Gasteiger partial charge in [0, 0.05) is 45.8 Å². The first-order valence-electron chi connectivity index (χ1n) is 10.9. The van der Waals surface area contributed by atoms with Crippen LogP contribution in [-0.2, 0) is 4.74 Å². The number of hydrogen-bond acceptors (Lipinski definition) is 6. The minimum Gasteiger partial charge on any atom is -0.465 e. The topological polar surface area (TPSA) is 56.5 Å². The van der Waals surface area contributed by atoms with Crippen LogP contribution in [0.4, 0.5) is 5.00 Å². The van der Waals surface area contributed by atoms with Crippen molar-refractivity contribution in [3.05, 3.63) is 41.2 Å². The zero-order valence-electron chi connectivity index (χ0n) is 18.5. The Morgan fingerprint density at radius 2 is 1.90 bits per heavy atom. The van der Waals surface area contributed by atoms with Crippen molar-refractivity contribution < 1.29 is 9.15 Å². The molecule has 1 unspecified atom stereocenters. The van der Waals surface area contributed by atoms with E-state index in [2.05, 4.69) is 50.5 Å². The molecule has 4 rings (SSSR count). The highest BCUT2D eigenvalue weighted by Crippen LogP contribution is 2.25. The van der Waals surface area contributed by atoms with Gasteiger partial charge in [-0.25, -0.2) is 0 Å². The van der Waals surface area contributed by atoms with Crippen LogP contribution in [-0.4, -0.2) is 81.3 Å². The van der Waals surface area contributed by atoms with Crippen LogP contribution in [0.1, 0.15) is 24.5 Å². The van der Waals surface area contributed by atoms with Crippen molar-refractivity contribution in [1.29, 1.82) is 0 Å². The number of piperazine rings is 1. The monoisotopic (exact) mass is 559 g/mol. The molecule has 0 amide bonds. The smallest absolute Gasteiger partial charge is 0.194 e. The molecule has 9 heteroatoms. The van der Waals surface area contributed by atoms with Crippen molar-refractivity contribution in [2.24, 2.45) is 4.99 Å². The summed E-state index contributed by atoms with van der Waals surface area (Å²) in [5.74, 6) is 2.95. The summed E-state index contributed by atoms with van der Waals surface area (Å²) >= 11 is 1.81. The van der Waals surface area contributed by atoms with E-state index in [1.807, 2.05) is 24.3 Å². The minimum atomic E-state index is 0. The fourth-order valence-electron chi connectivity index (χ4n) is 4.09. The summed E-state index contributed by atoms with van der Waals surface area (Å²) in [6.07, 6.45) is 0. The van der Waals surface area contributed by atoms with E-state index in [1.165, 1.54) is 5.00 Å². The number of thiophene rings is 1. The Balaban J connectivity index is 0.00000272. The number of rotatable bonds is 6. The van der Waals surface area contributed by atoms with Crippen molar-refractivity contribution in [2.75, 3.05) is 70.5 Å². The second-order valence-corrected chi connectivity index (χ2v) is 8.66. The molecule has 0 bridgehead atoms. The number of nitrogens with one attached hydrogen (secondary N) is 1. The van der Waals surface area contributed by atoms with Crippen LogP contribution in [0.5, 0.6) is 0 Å². The van der Waals surface area contributed by atoms with E-state index in [4.69, 9.17) is 14.1 Å². The molecule has 1 N–H and O–H groups in total. The van der Waals surface area contributed by atoms with E-state index in [0.29, 0.717) is 6.54 Å². The number of nitrogens with zero attached hydrogens (tertiary/aromatic N) is 4. The second kappa shape index (κ2) is 12.1. The lowest BCUT2D eigenvalue weighted by molar-refractivity contribution is 0.0135. The third-order valence-electron chi connectivity index (χ3n) is 5.72. The van der Waals surface area contributed by atoms with Gasteiger partial charge >= 0.3 is 0 Å². The standard InChI is InChI=1S/C22H33N5O2S.HI/c1-3-23-22(27-10-8-26(9-11-27)21-5-4-16-30-21)24-17-19(20-7-6-18(2)29-20)25-12-14-28-15-13-25;/h4-7,16,19H,3,8-15,17H2,1-2H3,(H,23,24);1H. The van der Waals surface area contributed by atoms with Gasteiger partial charge in [0.05, 0.1) is 30.8 Å². The van der Waals surface area contributed by atoms with E-state index in [9.17, 15) is 0 Å². The first kappa shape index (κ1) is 24.3. The summed E-state index contributed by atoms with van der Waals surface area (Å²) < 4.78 is 11.6. The maximum Gasteiger partial charge on any atom is 0.194 e. The van der Waals surface area contributed by atoms with E-state index >= 15 is 0 Å². The number of aliphatic imine (C=N–C) groups is 1. The molecule has 2 aromatic rings. The normalized spacial score (nSPS) is 19.2. The number of hydrogen-bond donors (Lipinski definition) is 1. The van der Waals surface area contributed by atoms with E-state index in [1.54, 1.807) is 0 Å². The molecule has 2 aliphatic rings. The molecule has 7 nitrogen and oxygen atoms in total. The van der Waals surface area contributed by atoms with Crippen LogP contribution < -0.4 is 10.2 Å². The van der Waals surface area contributed by atoms with Crippen LogP contribution in [0.15, 0.2) is 39.1 Å². The Kier molecular flexibility index (Phi) is 9.48. The maximum absolute atomic E-state index is 6.00. The molecule has 0 spiro atoms. The molecule has 0 radical (unpaired) electrons. The largest absolute Gasteiger partial charge is 0.465 e. The van der Waals surface area contributed by atoms with Crippen molar-refractivity contribution >= 4 is 46.3 Å². The molecule has 1 atom stereocenters. The molecule has 2 aliphatic heterocycles. The van der Waals surface area contributed by atoms with E-state index in [0.717, 1.165) is 76.5 Å². The van der Waals surface area contributed by atoms with Crippen LogP contribution in [0.25, 0.3) is 0 Å². The zero-order valence-corrected chi connectivity index (χ0v) is 21.6. The molecule has 31 heavy (non-hydrogen) atoms. The highest BCUT2D eigenvalue weighted by Gasteiger charge is 2.26. The predicted molar refractivity (Wildman–Crippen MR) is 138 cm³/mol. The van der Waals surface area contributed by atoms with Gasteiger partial charge in [-0.15, -0.1) is 35.3 Å². The average molecular weight is 560 g/mol. The maximum atomic E-state index is 6.00. The number of halogens is 1. The number of guanidine groups is 1. The molecule has 2 fully saturated rings. The molecule has 172 valence electrons. The predicted octanol–water partition coefficient (Wildman–Crippen LogP) is 3.43. The Morgan fingerprint density at radius 3 is 2.52 bits per heavy atom. The van der Waals surface area contributed by atoms with Crippen molar-refractivity contribution in [3.63, 3.8) is 0 Å². The summed E-state index contributed by atoms with van der Waals surface area (Å²) in [5.41, 5.74) is 0. The quantitative estimate of drug-likeness (QED) is 0.333. The van der Waals surface area contributed by atoms with Crippen LogP contribution in [0.3, 0.4) is 0 Å². The second-order valence-electron chi connectivity index (χ2n) is 7.73. The van der Waals surface area contributed by atoms with Crippen molar-refractivity contribution in [3.8, 4) is 0 Å². The minimum absolute atomic E-state index is 0. The van der Waals surface area contributed by atoms with Gasteiger partial charge in [0.25, 0.3) is 0 Å². The van der Waals surface area contributed by atoms with Gasteiger partial charge in [-0.05, 0) is 43.5 Å². The van der Waals surface area contributed by atoms with Gasteiger partial charge < -0.3 is 24.3 Å². The van der Waals surface area contributed by atoms with Crippen LogP contribution in [0, 0.1) is 6.92 Å². The van der Waals surface area contributed by atoms with Crippen molar-refractivity contribution in [1.82, 2.24) is 15.1 Å². The van der Waals surface area contributed by atoms with Gasteiger partial charge in [0.2, 0.25) is 0 Å². The molecule has 0 aromatic carbocycles. The van der Waals surface area contributed by atoms with Crippen LogP contribution in [0.2, 0.25) is 0 Å². The third-order valence-corrected chi connectivity index (χ3v) is 6.65. The number of ether oxygens (including phenoxy) is 1. The first-order chi connectivity index (χ1) is 14.7. The molecular weight excluding hydrogens is 525 g/mol. The Hall–Kier alpha value is -1.30. The van der Waals surface area contributed by atoms with E-state index < -0.39 is 0 Å². The molecule has 0 saturated carbocycles. The molecule has 4 heterocycles. The third kappa shape index (κ3) is 6.36. The van der Waals surface area contributed by atoms with Crippen LogP contribution >= 0.6 is 35.3 Å². The number of aryl methyl sites for hydroxylation is 1. The van der Waals surface area contributed by atoms with Gasteiger partial charge in [-0.1, -0.05) is 0 Å². The highest BCUT2D eigenvalue weighted by atomic mass is 127. The van der Waals surface area contributed by atoms with Gasteiger partial charge in [-0.2, -0.15) is 0 Å². The summed E-state index contributed by atoms with van der Waals surface area (Å²) in [6.45, 7) is 13.0. The molecule has 2 saturated heterocycles. The zero-order chi connectivity index (χ0) is 20.8. The van der Waals surface area contributed by atoms with Gasteiger partial charge in [-0.3, -0.25) is 9.89 Å². The lowest BCUT2D eigenvalue weighted by atomic mass is 10.1. The van der Waals surface area contributed by atoms with Crippen molar-refractivity contribution in [2.45, 2.75) is 19.9 Å². The number of morpholine rings is 1. The average Bonchev–Trinajstić information content (AvgIpc) is 3.46. The summed E-state index contributed by atoms with van der Waals surface area (Å²) in [4.78, 5) is 12.3. The van der Waals surface area contributed by atoms with Gasteiger partial charge in [0.15, 0.2) is 5.96 Å². The Morgan fingerprint density at radius 1 is 1.13 bits per heavy atom. The summed E-state index contributed by atoms with van der Waals surface area (Å²) in [7, 11) is 0. The summed E-state index contributed by atoms with van der Waals surface area (Å²) in [6, 6.07) is 8.61. The lowest BCUT2D eigenvalue weighted by Gasteiger charge is -2.37. The highest BCUT2D eigenvalue weighted by molar-refractivity contribution is 14.0. The fraction of sp³-hybridized carbons (Fsp3) is 0.591. The Labute approximate surface area is 206 Å². The molecule has 2 aromatic heterocycles. The van der Waals surface area contributed by atoms with Gasteiger partial charge in [0.1, 0.15) is 11.5 Å². The Bertz CT molecular complexity index is 799. The fourth-order valence-corrected chi connectivity index (χ4v) is 4.88. The summed E-state index contributed by atoms with van der Waals surface area (Å²) in [5, 5.41) is 7.01. The number of furan rings is 1. The first-order valence-corrected chi connectivity index (χ1v) is 11.8. The SMILES string of the molecule is CCNC(=NCC(c1ccc(C)o1)N1CCOCC1)N1CCN(c2cccs2)CC1.I. The lowest BCUT2D eigenvalue weighted by Crippen LogP contribution is -2.52. The molecule has 0 aliphatic carbocycles. The molecular formula is C22H34IN5O2S.